The fraction of sp³-hybridized carbons (Fsp3) is 0.0833. The number of ether oxygens (including phenoxy) is 1. The van der Waals surface area contributed by atoms with Crippen LogP contribution in [0.1, 0.15) is 16.7 Å². The minimum Gasteiger partial charge on any atom is -0.439 e. The van der Waals surface area contributed by atoms with Gasteiger partial charge in [0, 0.05) is 41.3 Å². The van der Waals surface area contributed by atoms with Gasteiger partial charge in [0.25, 0.3) is 0 Å². The Morgan fingerprint density at radius 3 is 2.74 bits per heavy atom. The molecule has 1 aliphatic rings. The maximum atomic E-state index is 14.3. The highest BCUT2D eigenvalue weighted by Gasteiger charge is 2.18. The van der Waals surface area contributed by atoms with Crippen LogP contribution in [0, 0.1) is 5.82 Å². The highest BCUT2D eigenvalue weighted by atomic mass is 19.1. The van der Waals surface area contributed by atoms with Crippen molar-refractivity contribution in [3.8, 4) is 5.75 Å². The van der Waals surface area contributed by atoms with Crippen molar-refractivity contribution in [2.75, 3.05) is 5.73 Å². The van der Waals surface area contributed by atoms with Crippen LogP contribution in [0.3, 0.4) is 0 Å². The predicted octanol–water partition coefficient (Wildman–Crippen LogP) is 4.99. The van der Waals surface area contributed by atoms with Crippen LogP contribution in [0.5, 0.6) is 5.75 Å². The van der Waals surface area contributed by atoms with Crippen LogP contribution in [0.15, 0.2) is 86.9 Å². The number of rotatable bonds is 5. The summed E-state index contributed by atoms with van der Waals surface area (Å²) in [6.07, 6.45) is 10.3. The number of halogens is 2. The Kier molecular flexibility index (Phi) is 5.75. The number of hydrogen-bond donors (Lipinski definition) is 1. The molecule has 156 valence electrons. The molecule has 1 aliphatic heterocycles. The SMILES string of the molecule is Nc1cccc(Cc2c(CF)c3ccc(OC4=C\C=C\C=C/C=N\4)cc3oc2=O)c1F. The van der Waals surface area contributed by atoms with Gasteiger partial charge < -0.3 is 14.9 Å². The van der Waals surface area contributed by atoms with E-state index in [1.54, 1.807) is 42.6 Å². The quantitative estimate of drug-likeness (QED) is 0.466. The average molecular weight is 420 g/mol. The van der Waals surface area contributed by atoms with E-state index < -0.39 is 18.1 Å². The number of aliphatic imine (C=N–C) groups is 1. The van der Waals surface area contributed by atoms with Crippen LogP contribution in [0.2, 0.25) is 0 Å². The molecule has 2 aromatic carbocycles. The van der Waals surface area contributed by atoms with Gasteiger partial charge in [0.15, 0.2) is 0 Å². The van der Waals surface area contributed by atoms with E-state index in [9.17, 15) is 13.6 Å². The molecule has 2 heterocycles. The van der Waals surface area contributed by atoms with E-state index in [4.69, 9.17) is 14.9 Å². The molecular weight excluding hydrogens is 402 g/mol. The number of hydrogen-bond acceptors (Lipinski definition) is 5. The molecule has 0 unspecified atom stereocenters. The minimum atomic E-state index is -0.909. The lowest BCUT2D eigenvalue weighted by atomic mass is 9.98. The number of fused-ring (bicyclic) bond motifs is 1. The Morgan fingerprint density at radius 2 is 1.90 bits per heavy atom. The smallest absolute Gasteiger partial charge is 0.340 e. The molecule has 3 aromatic rings. The summed E-state index contributed by atoms with van der Waals surface area (Å²) in [7, 11) is 0. The molecule has 0 amide bonds. The first kappa shape index (κ1) is 20.3. The lowest BCUT2D eigenvalue weighted by Crippen LogP contribution is -2.13. The van der Waals surface area contributed by atoms with E-state index in [1.807, 2.05) is 12.2 Å². The summed E-state index contributed by atoms with van der Waals surface area (Å²) in [5, 5.41) is 0.409. The van der Waals surface area contributed by atoms with Crippen molar-refractivity contribution >= 4 is 22.9 Å². The van der Waals surface area contributed by atoms with Crippen LogP contribution >= 0.6 is 0 Å². The Bertz CT molecular complexity index is 1320. The monoisotopic (exact) mass is 420 g/mol. The number of nitrogens with two attached hydrogens (primary N) is 1. The molecular formula is C24H18F2N2O3. The fourth-order valence-corrected chi connectivity index (χ4v) is 3.26. The maximum absolute atomic E-state index is 14.3. The topological polar surface area (TPSA) is 77.8 Å². The van der Waals surface area contributed by atoms with Gasteiger partial charge >= 0.3 is 5.63 Å². The average Bonchev–Trinajstić information content (AvgIpc) is 2.73. The lowest BCUT2D eigenvalue weighted by Gasteiger charge is -2.12. The molecule has 2 N–H and O–H groups in total. The van der Waals surface area contributed by atoms with Gasteiger partial charge in [-0.2, -0.15) is 0 Å². The second kappa shape index (κ2) is 8.79. The molecule has 31 heavy (non-hydrogen) atoms. The third-order valence-corrected chi connectivity index (χ3v) is 4.78. The van der Waals surface area contributed by atoms with E-state index >= 15 is 0 Å². The maximum Gasteiger partial charge on any atom is 0.340 e. The minimum absolute atomic E-state index is 0.0391. The summed E-state index contributed by atoms with van der Waals surface area (Å²) in [6.45, 7) is -0.909. The van der Waals surface area contributed by atoms with E-state index in [2.05, 4.69) is 4.99 Å². The third kappa shape index (κ3) is 4.30. The van der Waals surface area contributed by atoms with Gasteiger partial charge in [0.05, 0.1) is 5.69 Å². The first-order chi connectivity index (χ1) is 15.1. The molecule has 7 heteroatoms. The normalized spacial score (nSPS) is 17.9. The molecule has 0 spiro atoms. The Labute approximate surface area is 176 Å². The van der Waals surface area contributed by atoms with Crippen molar-refractivity contribution in [2.24, 2.45) is 4.99 Å². The van der Waals surface area contributed by atoms with Gasteiger partial charge in [-0.25, -0.2) is 18.6 Å². The van der Waals surface area contributed by atoms with E-state index in [0.717, 1.165) is 0 Å². The van der Waals surface area contributed by atoms with Crippen molar-refractivity contribution in [1.82, 2.24) is 0 Å². The van der Waals surface area contributed by atoms with Gasteiger partial charge in [-0.05, 0) is 29.8 Å². The van der Waals surface area contributed by atoms with Gasteiger partial charge in [-0.3, -0.25) is 0 Å². The summed E-state index contributed by atoms with van der Waals surface area (Å²) in [5.41, 5.74) is 5.38. The van der Waals surface area contributed by atoms with Gasteiger partial charge in [-0.15, -0.1) is 0 Å². The molecule has 0 bridgehead atoms. The first-order valence-corrected chi connectivity index (χ1v) is 9.50. The summed E-state index contributed by atoms with van der Waals surface area (Å²) >= 11 is 0. The zero-order valence-electron chi connectivity index (χ0n) is 16.3. The standard InChI is InChI=1S/C24H18F2N2O3/c25-14-19-17-10-9-16(30-22-8-3-1-2-4-11-28-22)13-21(17)31-24(29)18(19)12-15-6-5-7-20(27)23(15)26/h1-11,13H,12,14,27H2/b2-1?,3-1+,4-2-,8-3?,11-4?,22-8-,28-11-,28-22?. The summed E-state index contributed by atoms with van der Waals surface area (Å²) < 4.78 is 39.4. The van der Waals surface area contributed by atoms with Crippen LogP contribution in [-0.2, 0) is 13.1 Å². The Balaban J connectivity index is 1.72. The summed E-state index contributed by atoms with van der Waals surface area (Å²) in [6, 6.07) is 9.22. The Morgan fingerprint density at radius 1 is 1.06 bits per heavy atom. The number of benzene rings is 2. The fourth-order valence-electron chi connectivity index (χ4n) is 3.26. The van der Waals surface area contributed by atoms with Crippen molar-refractivity contribution in [3.05, 3.63) is 106 Å². The predicted molar refractivity (Wildman–Crippen MR) is 116 cm³/mol. The number of nitrogen functional groups attached to an aromatic ring is 1. The first-order valence-electron chi connectivity index (χ1n) is 9.50. The van der Waals surface area contributed by atoms with E-state index in [1.165, 1.54) is 18.2 Å². The Hall–Kier alpha value is -4.00. The highest BCUT2D eigenvalue weighted by molar-refractivity contribution is 5.82. The molecule has 4 rings (SSSR count). The van der Waals surface area contributed by atoms with Crippen molar-refractivity contribution < 1.29 is 17.9 Å². The van der Waals surface area contributed by atoms with Gasteiger partial charge in [-0.1, -0.05) is 30.4 Å². The number of anilines is 1. The number of allylic oxidation sites excluding steroid dienone is 5. The van der Waals surface area contributed by atoms with Crippen molar-refractivity contribution in [3.63, 3.8) is 0 Å². The molecule has 0 radical (unpaired) electrons. The largest absolute Gasteiger partial charge is 0.439 e. The molecule has 0 saturated carbocycles. The van der Waals surface area contributed by atoms with Crippen molar-refractivity contribution in [2.45, 2.75) is 13.1 Å². The molecule has 5 nitrogen and oxygen atoms in total. The van der Waals surface area contributed by atoms with Crippen LogP contribution in [0.4, 0.5) is 14.5 Å². The zero-order chi connectivity index (χ0) is 21.8. The molecule has 0 saturated heterocycles. The molecule has 0 aliphatic carbocycles. The molecule has 0 atom stereocenters. The van der Waals surface area contributed by atoms with E-state index in [-0.39, 0.29) is 34.4 Å². The lowest BCUT2D eigenvalue weighted by molar-refractivity contribution is 0.420. The van der Waals surface area contributed by atoms with Crippen LogP contribution < -0.4 is 16.1 Å². The third-order valence-electron chi connectivity index (χ3n) is 4.78. The van der Waals surface area contributed by atoms with Crippen molar-refractivity contribution in [1.29, 1.82) is 0 Å². The second-order valence-electron chi connectivity index (χ2n) is 6.79. The van der Waals surface area contributed by atoms with E-state index in [0.29, 0.717) is 17.0 Å². The highest BCUT2D eigenvalue weighted by Crippen LogP contribution is 2.28. The van der Waals surface area contributed by atoms with Gasteiger partial charge in [0.2, 0.25) is 5.88 Å². The second-order valence-corrected chi connectivity index (χ2v) is 6.79. The van der Waals surface area contributed by atoms with Crippen LogP contribution in [-0.4, -0.2) is 6.21 Å². The molecule has 1 aromatic heterocycles. The zero-order valence-corrected chi connectivity index (χ0v) is 16.3. The number of nitrogens with zero attached hydrogens (tertiary/aromatic N) is 1. The van der Waals surface area contributed by atoms with Crippen LogP contribution in [0.25, 0.3) is 11.0 Å². The molecule has 0 fully saturated rings. The van der Waals surface area contributed by atoms with Gasteiger partial charge in [0.1, 0.15) is 23.8 Å². The summed E-state index contributed by atoms with van der Waals surface area (Å²) in [4.78, 5) is 16.8. The number of alkyl halides is 1. The summed E-state index contributed by atoms with van der Waals surface area (Å²) in [5.74, 6) is 0.0747.